The summed E-state index contributed by atoms with van der Waals surface area (Å²) in [5, 5.41) is 14.2. The topological polar surface area (TPSA) is 81.7 Å². The van der Waals surface area contributed by atoms with Gasteiger partial charge in [-0.25, -0.2) is 9.59 Å². The van der Waals surface area contributed by atoms with Gasteiger partial charge in [0.05, 0.1) is 0 Å². The fourth-order valence-corrected chi connectivity index (χ4v) is 2.12. The van der Waals surface area contributed by atoms with Gasteiger partial charge in [0.2, 0.25) is 0 Å². The maximum atomic E-state index is 11.6. The normalized spacial score (nSPS) is 12.5. The maximum absolute atomic E-state index is 11.6. The molecular weight excluding hydrogens is 290 g/mol. The highest BCUT2D eigenvalue weighted by molar-refractivity contribution is 7.98. The minimum absolute atomic E-state index is 0.402. The standard InChI is InChI=1S/C14H29N3O3S/c1-11(2)17(3)9-6-5-8-15-14(20)16-12(13(18)19)7-10-21-4/h11-12H,5-10H2,1-4H3,(H,18,19)(H2,15,16,20)/t12-/m1/s1. The van der Waals surface area contributed by atoms with Crippen molar-refractivity contribution < 1.29 is 14.7 Å². The zero-order valence-corrected chi connectivity index (χ0v) is 14.3. The van der Waals surface area contributed by atoms with E-state index in [0.29, 0.717) is 24.8 Å². The van der Waals surface area contributed by atoms with Crippen LogP contribution in [0.1, 0.15) is 33.1 Å². The van der Waals surface area contributed by atoms with Crippen molar-refractivity contribution in [1.29, 1.82) is 0 Å². The van der Waals surface area contributed by atoms with Crippen molar-refractivity contribution in [2.24, 2.45) is 0 Å². The molecule has 0 fully saturated rings. The smallest absolute Gasteiger partial charge is 0.326 e. The Morgan fingerprint density at radius 1 is 1.29 bits per heavy atom. The molecule has 0 aliphatic carbocycles. The van der Waals surface area contributed by atoms with Crippen molar-refractivity contribution in [3.8, 4) is 0 Å². The van der Waals surface area contributed by atoms with Gasteiger partial charge >= 0.3 is 12.0 Å². The predicted octanol–water partition coefficient (Wildman–Crippen LogP) is 1.61. The Balaban J connectivity index is 3.80. The molecule has 0 heterocycles. The van der Waals surface area contributed by atoms with Gasteiger partial charge < -0.3 is 20.6 Å². The zero-order chi connectivity index (χ0) is 16.3. The molecule has 0 radical (unpaired) electrons. The molecule has 0 saturated carbocycles. The van der Waals surface area contributed by atoms with Crippen LogP contribution in [0.25, 0.3) is 0 Å². The van der Waals surface area contributed by atoms with E-state index in [-0.39, 0.29) is 0 Å². The number of rotatable bonds is 11. The van der Waals surface area contributed by atoms with E-state index in [1.54, 1.807) is 11.8 Å². The van der Waals surface area contributed by atoms with E-state index >= 15 is 0 Å². The number of carboxylic acid groups (broad SMARTS) is 1. The monoisotopic (exact) mass is 319 g/mol. The number of carboxylic acids is 1. The van der Waals surface area contributed by atoms with Crippen molar-refractivity contribution in [2.45, 2.75) is 45.2 Å². The number of unbranched alkanes of at least 4 members (excludes halogenated alkanes) is 1. The summed E-state index contributed by atoms with van der Waals surface area (Å²) in [5.74, 6) is -0.281. The van der Waals surface area contributed by atoms with E-state index < -0.39 is 18.0 Å². The third kappa shape index (κ3) is 10.4. The molecule has 21 heavy (non-hydrogen) atoms. The molecule has 2 amide bonds. The van der Waals surface area contributed by atoms with Crippen molar-refractivity contribution in [3.05, 3.63) is 0 Å². The van der Waals surface area contributed by atoms with E-state index in [2.05, 4.69) is 36.4 Å². The lowest BCUT2D eigenvalue weighted by Crippen LogP contribution is -2.46. The van der Waals surface area contributed by atoms with Crippen LogP contribution in [0.2, 0.25) is 0 Å². The van der Waals surface area contributed by atoms with Crippen LogP contribution in [-0.4, -0.2) is 66.2 Å². The Morgan fingerprint density at radius 2 is 1.95 bits per heavy atom. The summed E-state index contributed by atoms with van der Waals surface area (Å²) in [4.78, 5) is 24.9. The fourth-order valence-electron chi connectivity index (χ4n) is 1.65. The number of hydrogen-bond donors (Lipinski definition) is 3. The molecule has 0 aromatic heterocycles. The Kier molecular flexibility index (Phi) is 11.2. The van der Waals surface area contributed by atoms with Gasteiger partial charge in [0, 0.05) is 12.6 Å². The fraction of sp³-hybridized carbons (Fsp3) is 0.857. The van der Waals surface area contributed by atoms with Crippen LogP contribution < -0.4 is 10.6 Å². The first-order valence-corrected chi connectivity index (χ1v) is 8.74. The summed E-state index contributed by atoms with van der Waals surface area (Å²) in [6.45, 7) is 5.84. The second-order valence-electron chi connectivity index (χ2n) is 5.35. The molecule has 0 bridgehead atoms. The summed E-state index contributed by atoms with van der Waals surface area (Å²) in [7, 11) is 2.08. The van der Waals surface area contributed by atoms with Crippen LogP contribution in [0.15, 0.2) is 0 Å². The maximum Gasteiger partial charge on any atom is 0.326 e. The number of nitrogens with zero attached hydrogens (tertiary/aromatic N) is 1. The molecule has 0 saturated heterocycles. The number of carbonyl (C=O) groups is 2. The lowest BCUT2D eigenvalue weighted by atomic mass is 10.2. The lowest BCUT2D eigenvalue weighted by molar-refractivity contribution is -0.139. The van der Waals surface area contributed by atoms with E-state index in [9.17, 15) is 9.59 Å². The molecule has 7 heteroatoms. The average Bonchev–Trinajstić information content (AvgIpc) is 2.42. The summed E-state index contributed by atoms with van der Waals surface area (Å²) in [6.07, 6.45) is 4.23. The molecule has 1 atom stereocenters. The summed E-state index contributed by atoms with van der Waals surface area (Å²) < 4.78 is 0. The molecule has 0 unspecified atom stereocenters. The van der Waals surface area contributed by atoms with Gasteiger partial charge in [-0.3, -0.25) is 0 Å². The molecule has 0 aliphatic rings. The van der Waals surface area contributed by atoms with Crippen LogP contribution in [0, 0.1) is 0 Å². The first-order chi connectivity index (χ1) is 9.88. The van der Waals surface area contributed by atoms with Crippen molar-refractivity contribution in [3.63, 3.8) is 0 Å². The molecule has 0 spiro atoms. The van der Waals surface area contributed by atoms with Crippen LogP contribution in [0.4, 0.5) is 4.79 Å². The number of nitrogens with one attached hydrogen (secondary N) is 2. The van der Waals surface area contributed by atoms with Gasteiger partial charge in [0.15, 0.2) is 0 Å². The van der Waals surface area contributed by atoms with Gasteiger partial charge in [-0.2, -0.15) is 11.8 Å². The molecule has 0 aliphatic heterocycles. The molecule has 0 aromatic rings. The highest BCUT2D eigenvalue weighted by Crippen LogP contribution is 2.01. The number of thioether (sulfide) groups is 1. The van der Waals surface area contributed by atoms with E-state index in [0.717, 1.165) is 19.4 Å². The van der Waals surface area contributed by atoms with Crippen LogP contribution >= 0.6 is 11.8 Å². The van der Waals surface area contributed by atoms with Gasteiger partial charge in [-0.05, 0) is 58.7 Å². The lowest BCUT2D eigenvalue weighted by Gasteiger charge is -2.20. The SMILES string of the molecule is CSCC[C@@H](NC(=O)NCCCCN(C)C(C)C)C(=O)O. The van der Waals surface area contributed by atoms with Crippen LogP contribution in [0.5, 0.6) is 0 Å². The van der Waals surface area contributed by atoms with Crippen molar-refractivity contribution in [2.75, 3.05) is 32.1 Å². The quantitative estimate of drug-likeness (QED) is 0.504. The number of amides is 2. The first-order valence-electron chi connectivity index (χ1n) is 7.34. The predicted molar refractivity (Wildman–Crippen MR) is 88.0 cm³/mol. The third-order valence-electron chi connectivity index (χ3n) is 3.32. The van der Waals surface area contributed by atoms with Crippen molar-refractivity contribution in [1.82, 2.24) is 15.5 Å². The minimum Gasteiger partial charge on any atom is -0.480 e. The third-order valence-corrected chi connectivity index (χ3v) is 3.96. The molecular formula is C14H29N3O3S. The largest absolute Gasteiger partial charge is 0.480 e. The highest BCUT2D eigenvalue weighted by Gasteiger charge is 2.18. The van der Waals surface area contributed by atoms with Crippen LogP contribution in [0.3, 0.4) is 0 Å². The highest BCUT2D eigenvalue weighted by atomic mass is 32.2. The Bertz CT molecular complexity index is 314. The number of aliphatic carboxylic acids is 1. The van der Waals surface area contributed by atoms with E-state index in [4.69, 9.17) is 5.11 Å². The second-order valence-corrected chi connectivity index (χ2v) is 6.34. The van der Waals surface area contributed by atoms with Gasteiger partial charge in [0.25, 0.3) is 0 Å². The number of carbonyl (C=O) groups excluding carboxylic acids is 1. The molecule has 0 aromatic carbocycles. The Hall–Kier alpha value is -0.950. The second kappa shape index (κ2) is 11.7. The molecule has 0 rings (SSSR count). The van der Waals surface area contributed by atoms with Gasteiger partial charge in [-0.15, -0.1) is 0 Å². The van der Waals surface area contributed by atoms with E-state index in [1.165, 1.54) is 0 Å². The zero-order valence-electron chi connectivity index (χ0n) is 13.5. The molecule has 6 nitrogen and oxygen atoms in total. The minimum atomic E-state index is -0.988. The van der Waals surface area contributed by atoms with Crippen LogP contribution in [-0.2, 0) is 4.79 Å². The Labute approximate surface area is 132 Å². The number of urea groups is 1. The average molecular weight is 319 g/mol. The molecule has 3 N–H and O–H groups in total. The van der Waals surface area contributed by atoms with Gasteiger partial charge in [0.1, 0.15) is 6.04 Å². The number of hydrogen-bond acceptors (Lipinski definition) is 4. The van der Waals surface area contributed by atoms with E-state index in [1.807, 2.05) is 6.26 Å². The Morgan fingerprint density at radius 3 is 2.48 bits per heavy atom. The van der Waals surface area contributed by atoms with Gasteiger partial charge in [-0.1, -0.05) is 0 Å². The van der Waals surface area contributed by atoms with Crippen molar-refractivity contribution >= 4 is 23.8 Å². The molecule has 124 valence electrons. The summed E-state index contributed by atoms with van der Waals surface area (Å²) >= 11 is 1.56. The summed E-state index contributed by atoms with van der Waals surface area (Å²) in [5.41, 5.74) is 0. The summed E-state index contributed by atoms with van der Waals surface area (Å²) in [6, 6.07) is -0.695. The first kappa shape index (κ1) is 20.1.